The topological polar surface area (TPSA) is 114 Å². The SMILES string of the molecule is Cc1nc2nc(C(F)(F)F)nn2c(C)c1CCC(=O)Nc1cccc(-c2n[nH]c(C3CC3)n2)c1. The van der Waals surface area contributed by atoms with E-state index in [-0.39, 0.29) is 18.1 Å². The van der Waals surface area contributed by atoms with E-state index in [1.54, 1.807) is 26.0 Å². The maximum Gasteiger partial charge on any atom is 0.453 e. The maximum atomic E-state index is 13.0. The second-order valence-electron chi connectivity index (χ2n) is 8.35. The molecule has 0 aliphatic heterocycles. The number of H-pyrrole nitrogens is 1. The van der Waals surface area contributed by atoms with Crippen molar-refractivity contribution in [2.24, 2.45) is 0 Å². The van der Waals surface area contributed by atoms with Gasteiger partial charge in [-0.25, -0.2) is 14.5 Å². The Balaban J connectivity index is 1.28. The number of nitrogens with one attached hydrogen (secondary N) is 2. The van der Waals surface area contributed by atoms with Gasteiger partial charge in [-0.2, -0.15) is 23.3 Å². The molecule has 0 radical (unpaired) electrons. The predicted molar refractivity (Wildman–Crippen MR) is 116 cm³/mol. The van der Waals surface area contributed by atoms with Crippen molar-refractivity contribution in [2.75, 3.05) is 5.32 Å². The van der Waals surface area contributed by atoms with Gasteiger partial charge in [0.15, 0.2) is 5.82 Å². The number of rotatable bonds is 6. The van der Waals surface area contributed by atoms with E-state index in [0.717, 1.165) is 28.7 Å². The standard InChI is InChI=1S/C22H21F3N8O/c1-11-16(12(2)33-21(26-11)29-20(32-33)22(23,24)25)8-9-17(34)27-15-5-3-4-14(10-15)19-28-18(30-31-19)13-6-7-13/h3-5,10,13H,6-9H2,1-2H3,(H,27,34)(H,28,30,31). The average Bonchev–Trinajstić information content (AvgIpc) is 3.33. The Hall–Kier alpha value is -3.83. The van der Waals surface area contributed by atoms with Gasteiger partial charge in [-0.15, -0.1) is 5.10 Å². The highest BCUT2D eigenvalue weighted by molar-refractivity contribution is 5.91. The van der Waals surface area contributed by atoms with Crippen LogP contribution in [0.15, 0.2) is 24.3 Å². The molecule has 3 heterocycles. The third-order valence-electron chi connectivity index (χ3n) is 5.78. The number of aromatic amines is 1. The highest BCUT2D eigenvalue weighted by Crippen LogP contribution is 2.38. The summed E-state index contributed by atoms with van der Waals surface area (Å²) in [4.78, 5) is 24.7. The molecule has 5 rings (SSSR count). The van der Waals surface area contributed by atoms with Gasteiger partial charge in [-0.1, -0.05) is 12.1 Å². The minimum absolute atomic E-state index is 0.117. The smallest absolute Gasteiger partial charge is 0.326 e. The number of carbonyl (C=O) groups excluding carboxylic acids is 1. The van der Waals surface area contributed by atoms with Crippen molar-refractivity contribution in [1.29, 1.82) is 0 Å². The van der Waals surface area contributed by atoms with Crippen LogP contribution in [0, 0.1) is 13.8 Å². The number of benzene rings is 1. The van der Waals surface area contributed by atoms with Crippen LogP contribution in [0.1, 0.15) is 53.8 Å². The zero-order chi connectivity index (χ0) is 24.0. The van der Waals surface area contributed by atoms with E-state index in [4.69, 9.17) is 0 Å². The minimum atomic E-state index is -4.66. The molecular weight excluding hydrogens is 449 g/mol. The average molecular weight is 470 g/mol. The summed E-state index contributed by atoms with van der Waals surface area (Å²) in [6.45, 7) is 3.32. The Labute approximate surface area is 191 Å². The molecule has 34 heavy (non-hydrogen) atoms. The molecule has 0 spiro atoms. The van der Waals surface area contributed by atoms with Gasteiger partial charge >= 0.3 is 6.18 Å². The normalized spacial score (nSPS) is 14.0. The van der Waals surface area contributed by atoms with E-state index in [2.05, 4.69) is 35.6 Å². The predicted octanol–water partition coefficient (Wildman–Crippen LogP) is 3.99. The second kappa shape index (κ2) is 8.19. The fourth-order valence-electron chi connectivity index (χ4n) is 3.83. The summed E-state index contributed by atoms with van der Waals surface area (Å²) in [6.07, 6.45) is -2.02. The summed E-state index contributed by atoms with van der Waals surface area (Å²) in [6, 6.07) is 7.26. The monoisotopic (exact) mass is 470 g/mol. The van der Waals surface area contributed by atoms with Gasteiger partial charge in [-0.3, -0.25) is 9.89 Å². The lowest BCUT2D eigenvalue weighted by molar-refractivity contribution is -0.144. The first-order valence-electron chi connectivity index (χ1n) is 10.8. The maximum absolute atomic E-state index is 13.0. The molecule has 1 amide bonds. The third kappa shape index (κ3) is 4.35. The van der Waals surface area contributed by atoms with Gasteiger partial charge in [0.05, 0.1) is 0 Å². The van der Waals surface area contributed by atoms with E-state index >= 15 is 0 Å². The molecule has 0 unspecified atom stereocenters. The molecule has 0 bridgehead atoms. The molecule has 9 nitrogen and oxygen atoms in total. The van der Waals surface area contributed by atoms with Crippen molar-refractivity contribution in [3.8, 4) is 11.4 Å². The van der Waals surface area contributed by atoms with Gasteiger partial charge < -0.3 is 5.32 Å². The summed E-state index contributed by atoms with van der Waals surface area (Å²) in [7, 11) is 0. The molecule has 0 saturated heterocycles. The molecule has 3 aromatic heterocycles. The number of alkyl halides is 3. The van der Waals surface area contributed by atoms with E-state index in [9.17, 15) is 18.0 Å². The van der Waals surface area contributed by atoms with Crippen molar-refractivity contribution in [3.05, 3.63) is 52.9 Å². The fraction of sp³-hybridized carbons (Fsp3) is 0.364. The molecule has 4 aromatic rings. The molecule has 1 aromatic carbocycles. The number of anilines is 1. The van der Waals surface area contributed by atoms with Gasteiger partial charge in [0.2, 0.25) is 5.91 Å². The highest BCUT2D eigenvalue weighted by atomic mass is 19.4. The summed E-state index contributed by atoms with van der Waals surface area (Å²) >= 11 is 0. The van der Waals surface area contributed by atoms with Crippen molar-refractivity contribution in [3.63, 3.8) is 0 Å². The number of halogens is 3. The van der Waals surface area contributed by atoms with Crippen LogP contribution in [0.2, 0.25) is 0 Å². The van der Waals surface area contributed by atoms with Gasteiger partial charge in [0, 0.05) is 35.0 Å². The summed E-state index contributed by atoms with van der Waals surface area (Å²) in [5, 5.41) is 13.6. The number of fused-ring (bicyclic) bond motifs is 1. The minimum Gasteiger partial charge on any atom is -0.326 e. The van der Waals surface area contributed by atoms with Gasteiger partial charge in [0.25, 0.3) is 11.6 Å². The van der Waals surface area contributed by atoms with Crippen molar-refractivity contribution < 1.29 is 18.0 Å². The zero-order valence-corrected chi connectivity index (χ0v) is 18.4. The van der Waals surface area contributed by atoms with E-state index in [1.807, 2.05) is 12.1 Å². The van der Waals surface area contributed by atoms with Crippen molar-refractivity contribution >= 4 is 17.4 Å². The molecule has 176 valence electrons. The Morgan fingerprint density at radius 2 is 2.00 bits per heavy atom. The van der Waals surface area contributed by atoms with Gasteiger partial charge in [0.1, 0.15) is 5.82 Å². The molecule has 2 N–H and O–H groups in total. The van der Waals surface area contributed by atoms with Crippen LogP contribution < -0.4 is 5.32 Å². The van der Waals surface area contributed by atoms with Crippen molar-refractivity contribution in [2.45, 2.75) is 51.6 Å². The Bertz CT molecular complexity index is 1390. The first kappa shape index (κ1) is 22.0. The third-order valence-corrected chi connectivity index (χ3v) is 5.78. The molecular formula is C22H21F3N8O. The lowest BCUT2D eigenvalue weighted by atomic mass is 10.1. The van der Waals surface area contributed by atoms with Crippen LogP contribution in [0.5, 0.6) is 0 Å². The number of nitrogens with zero attached hydrogens (tertiary/aromatic N) is 6. The van der Waals surface area contributed by atoms with Crippen LogP contribution in [0.4, 0.5) is 18.9 Å². The quantitative estimate of drug-likeness (QED) is 0.441. The Kier molecular flexibility index (Phi) is 5.29. The van der Waals surface area contributed by atoms with Crippen LogP contribution in [-0.2, 0) is 17.4 Å². The van der Waals surface area contributed by atoms with Crippen LogP contribution in [0.25, 0.3) is 17.2 Å². The van der Waals surface area contributed by atoms with E-state index < -0.39 is 12.0 Å². The van der Waals surface area contributed by atoms with Crippen molar-refractivity contribution in [1.82, 2.24) is 34.8 Å². The van der Waals surface area contributed by atoms with Gasteiger partial charge in [-0.05, 0) is 50.8 Å². The van der Waals surface area contributed by atoms with Crippen LogP contribution in [-0.4, -0.2) is 40.7 Å². The van der Waals surface area contributed by atoms with E-state index in [0.29, 0.717) is 40.8 Å². The zero-order valence-electron chi connectivity index (χ0n) is 18.4. The first-order valence-corrected chi connectivity index (χ1v) is 10.8. The lowest BCUT2D eigenvalue weighted by Crippen LogP contribution is -2.14. The number of hydrogen-bond donors (Lipinski definition) is 2. The Morgan fingerprint density at radius 1 is 1.21 bits per heavy atom. The summed E-state index contributed by atoms with van der Waals surface area (Å²) < 4.78 is 40.0. The number of amides is 1. The second-order valence-corrected chi connectivity index (χ2v) is 8.35. The molecule has 1 saturated carbocycles. The first-order chi connectivity index (χ1) is 16.2. The largest absolute Gasteiger partial charge is 0.453 e. The molecule has 0 atom stereocenters. The number of carbonyl (C=O) groups is 1. The lowest BCUT2D eigenvalue weighted by Gasteiger charge is -2.11. The fourth-order valence-corrected chi connectivity index (χ4v) is 3.83. The highest BCUT2D eigenvalue weighted by Gasteiger charge is 2.37. The summed E-state index contributed by atoms with van der Waals surface area (Å²) in [5.74, 6) is 0.323. The Morgan fingerprint density at radius 3 is 2.74 bits per heavy atom. The number of aromatic nitrogens is 7. The van der Waals surface area contributed by atoms with E-state index in [1.165, 1.54) is 0 Å². The molecule has 1 fully saturated rings. The van der Waals surface area contributed by atoms with Crippen LogP contribution >= 0.6 is 0 Å². The number of aryl methyl sites for hydroxylation is 2. The molecule has 1 aliphatic rings. The van der Waals surface area contributed by atoms with Crippen LogP contribution in [0.3, 0.4) is 0 Å². The molecule has 12 heteroatoms. The molecule has 1 aliphatic carbocycles. The number of hydrogen-bond acceptors (Lipinski definition) is 6. The summed E-state index contributed by atoms with van der Waals surface area (Å²) in [5.41, 5.74) is 3.03.